The Bertz CT molecular complexity index is 979. The van der Waals surface area contributed by atoms with Gasteiger partial charge in [0, 0.05) is 24.4 Å². The van der Waals surface area contributed by atoms with Crippen LogP contribution in [-0.2, 0) is 14.3 Å². The molecule has 0 bridgehead atoms. The van der Waals surface area contributed by atoms with E-state index in [-0.39, 0.29) is 33.9 Å². The number of allylic oxidation sites excluding steroid dienone is 2. The van der Waals surface area contributed by atoms with Crippen LogP contribution in [0, 0.1) is 45.3 Å². The fraction of sp³-hybridized carbons (Fsp3) is 0.912. The molecule has 10 atom stereocenters. The van der Waals surface area contributed by atoms with Crippen molar-refractivity contribution in [3.8, 4) is 0 Å². The SMILES string of the molecule is CCCCO[C@@H]1O[C@@H]([C@H](O)C(C)(C)O)C[C@H]1[C@@H]1CC[C@]2(C)C3=CC[C@H]4C(C)(C)C(=O)CC[C@]4(C)[C@H]3CC[C@@]12C. The first-order valence-electron chi connectivity index (χ1n) is 16.0. The standard InChI is InChI=1S/C34H56O5/c1-9-10-19-38-29-21(20-25(39-29)28(36)31(4,5)37)22-13-17-34(8)24-11-12-26-30(2,3)27(35)15-16-32(26,6)23(24)14-18-33(22,34)7/h11,21-23,25-26,28-29,36-37H,9-10,12-20H2,1-8H3/t21-,22-,23-,25+,26-,28-,29+,32+,33-,34+/m0/s1. The van der Waals surface area contributed by atoms with Crippen molar-refractivity contribution in [1.29, 1.82) is 0 Å². The highest BCUT2D eigenvalue weighted by atomic mass is 16.7. The third kappa shape index (κ3) is 4.43. The van der Waals surface area contributed by atoms with Crippen LogP contribution in [0.1, 0.15) is 120 Å². The molecule has 0 unspecified atom stereocenters. The van der Waals surface area contributed by atoms with Gasteiger partial charge in [-0.2, -0.15) is 0 Å². The number of fused-ring (bicyclic) bond motifs is 5. The topological polar surface area (TPSA) is 76.0 Å². The Kier molecular flexibility index (Phi) is 7.56. The van der Waals surface area contributed by atoms with E-state index in [1.807, 2.05) is 0 Å². The van der Waals surface area contributed by atoms with Crippen molar-refractivity contribution >= 4 is 5.78 Å². The Morgan fingerprint density at radius 3 is 2.51 bits per heavy atom. The van der Waals surface area contributed by atoms with Gasteiger partial charge in [-0.15, -0.1) is 0 Å². The minimum absolute atomic E-state index is 0.126. The lowest BCUT2D eigenvalue weighted by Crippen LogP contribution is -2.57. The lowest BCUT2D eigenvalue weighted by molar-refractivity contribution is -0.195. The molecule has 3 saturated carbocycles. The van der Waals surface area contributed by atoms with Crippen LogP contribution in [0.15, 0.2) is 11.6 Å². The Hall–Kier alpha value is -0.750. The maximum Gasteiger partial charge on any atom is 0.161 e. The van der Waals surface area contributed by atoms with Crippen LogP contribution >= 0.6 is 0 Å². The van der Waals surface area contributed by atoms with Gasteiger partial charge < -0.3 is 19.7 Å². The van der Waals surface area contributed by atoms with Crippen LogP contribution in [-0.4, -0.2) is 46.7 Å². The van der Waals surface area contributed by atoms with E-state index in [4.69, 9.17) is 9.47 Å². The number of aliphatic hydroxyl groups excluding tert-OH is 1. The second kappa shape index (κ2) is 9.92. The molecule has 2 N–H and O–H groups in total. The molecule has 0 amide bonds. The Labute approximate surface area is 237 Å². The summed E-state index contributed by atoms with van der Waals surface area (Å²) in [5, 5.41) is 21.6. The molecule has 39 heavy (non-hydrogen) atoms. The zero-order valence-electron chi connectivity index (χ0n) is 26.0. The zero-order valence-corrected chi connectivity index (χ0v) is 26.0. The first kappa shape index (κ1) is 29.7. The number of aliphatic hydroxyl groups is 2. The van der Waals surface area contributed by atoms with Gasteiger partial charge in [-0.3, -0.25) is 4.79 Å². The number of Topliss-reactive ketones (excluding diaryl/α,β-unsaturated/α-hetero) is 1. The van der Waals surface area contributed by atoms with Crippen molar-refractivity contribution in [2.75, 3.05) is 6.61 Å². The van der Waals surface area contributed by atoms with Gasteiger partial charge in [-0.25, -0.2) is 0 Å². The first-order valence-corrected chi connectivity index (χ1v) is 16.0. The van der Waals surface area contributed by atoms with Crippen molar-refractivity contribution in [3.05, 3.63) is 11.6 Å². The van der Waals surface area contributed by atoms with Crippen LogP contribution in [0.5, 0.6) is 0 Å². The summed E-state index contributed by atoms with van der Waals surface area (Å²) >= 11 is 0. The summed E-state index contributed by atoms with van der Waals surface area (Å²) in [5.41, 5.74) is 0.671. The van der Waals surface area contributed by atoms with Gasteiger partial charge in [0.05, 0.1) is 11.7 Å². The first-order chi connectivity index (χ1) is 18.1. The number of ether oxygens (including phenoxy) is 2. The Morgan fingerprint density at radius 2 is 1.85 bits per heavy atom. The summed E-state index contributed by atoms with van der Waals surface area (Å²) in [7, 11) is 0. The number of carbonyl (C=O) groups excluding carboxylic acids is 1. The third-order valence-electron chi connectivity index (χ3n) is 13.2. The molecule has 4 fully saturated rings. The number of ketones is 1. The third-order valence-corrected chi connectivity index (χ3v) is 13.2. The van der Waals surface area contributed by atoms with Crippen molar-refractivity contribution < 1.29 is 24.5 Å². The molecule has 1 aliphatic heterocycles. The predicted octanol–water partition coefficient (Wildman–Crippen LogP) is 6.84. The summed E-state index contributed by atoms with van der Waals surface area (Å²) in [6, 6.07) is 0. The summed E-state index contributed by atoms with van der Waals surface area (Å²) in [5.74, 6) is 2.10. The Morgan fingerprint density at radius 1 is 1.13 bits per heavy atom. The molecule has 0 radical (unpaired) electrons. The van der Waals surface area contributed by atoms with Gasteiger partial charge in [0.2, 0.25) is 0 Å². The molecule has 1 heterocycles. The number of rotatable bonds is 7. The summed E-state index contributed by atoms with van der Waals surface area (Å²) in [6.07, 6.45) is 11.2. The fourth-order valence-corrected chi connectivity index (χ4v) is 10.5. The van der Waals surface area contributed by atoms with E-state index >= 15 is 0 Å². The molecule has 0 spiro atoms. The van der Waals surface area contributed by atoms with Gasteiger partial charge in [0.1, 0.15) is 11.9 Å². The predicted molar refractivity (Wildman–Crippen MR) is 154 cm³/mol. The van der Waals surface area contributed by atoms with Gasteiger partial charge in [-0.05, 0) is 99.2 Å². The highest BCUT2D eigenvalue weighted by Gasteiger charge is 2.67. The van der Waals surface area contributed by atoms with E-state index in [1.54, 1.807) is 19.4 Å². The summed E-state index contributed by atoms with van der Waals surface area (Å²) in [4.78, 5) is 12.9. The van der Waals surface area contributed by atoms with Crippen molar-refractivity contribution in [3.63, 3.8) is 0 Å². The van der Waals surface area contributed by atoms with Crippen LogP contribution in [0.4, 0.5) is 0 Å². The van der Waals surface area contributed by atoms with E-state index in [2.05, 4.69) is 47.6 Å². The average molecular weight is 545 g/mol. The average Bonchev–Trinajstić information content (AvgIpc) is 3.39. The highest BCUT2D eigenvalue weighted by molar-refractivity contribution is 5.85. The maximum atomic E-state index is 12.9. The zero-order chi connectivity index (χ0) is 28.6. The number of carbonyl (C=O) groups is 1. The largest absolute Gasteiger partial charge is 0.388 e. The smallest absolute Gasteiger partial charge is 0.161 e. The molecule has 222 valence electrons. The minimum atomic E-state index is -1.21. The molecule has 5 rings (SSSR count). The molecule has 5 nitrogen and oxygen atoms in total. The maximum absolute atomic E-state index is 12.9. The normalized spacial score (nSPS) is 46.3. The quantitative estimate of drug-likeness (QED) is 0.271. The Balaban J connectivity index is 1.44. The van der Waals surface area contributed by atoms with E-state index in [0.29, 0.717) is 30.1 Å². The van der Waals surface area contributed by atoms with Crippen LogP contribution < -0.4 is 0 Å². The minimum Gasteiger partial charge on any atom is -0.388 e. The summed E-state index contributed by atoms with van der Waals surface area (Å²) < 4.78 is 12.8. The molecule has 0 aromatic rings. The molecule has 5 aliphatic rings. The molecular formula is C34H56O5. The van der Waals surface area contributed by atoms with Gasteiger partial charge >= 0.3 is 0 Å². The molecule has 0 aromatic carbocycles. The van der Waals surface area contributed by atoms with Gasteiger partial charge in [0.25, 0.3) is 0 Å². The molecule has 5 heteroatoms. The van der Waals surface area contributed by atoms with E-state index in [1.165, 1.54) is 19.3 Å². The number of hydrogen-bond donors (Lipinski definition) is 2. The lowest BCUT2D eigenvalue weighted by atomic mass is 9.41. The number of unbranched alkanes of at least 4 members (excludes halogenated alkanes) is 1. The van der Waals surface area contributed by atoms with E-state index in [0.717, 1.165) is 44.9 Å². The second-order valence-electron chi connectivity index (χ2n) is 15.8. The van der Waals surface area contributed by atoms with Crippen LogP contribution in [0.3, 0.4) is 0 Å². The number of hydrogen-bond acceptors (Lipinski definition) is 5. The van der Waals surface area contributed by atoms with Gasteiger partial charge in [0.15, 0.2) is 6.29 Å². The highest BCUT2D eigenvalue weighted by Crippen LogP contribution is 2.73. The van der Waals surface area contributed by atoms with E-state index < -0.39 is 17.8 Å². The van der Waals surface area contributed by atoms with E-state index in [9.17, 15) is 15.0 Å². The van der Waals surface area contributed by atoms with Crippen molar-refractivity contribution in [2.24, 2.45) is 45.3 Å². The monoisotopic (exact) mass is 544 g/mol. The lowest BCUT2D eigenvalue weighted by Gasteiger charge is -2.63. The molecule has 1 saturated heterocycles. The fourth-order valence-electron chi connectivity index (χ4n) is 10.5. The second-order valence-corrected chi connectivity index (χ2v) is 15.8. The molecular weight excluding hydrogens is 488 g/mol. The van der Waals surface area contributed by atoms with Crippen molar-refractivity contribution in [1.82, 2.24) is 0 Å². The van der Waals surface area contributed by atoms with Crippen LogP contribution in [0.25, 0.3) is 0 Å². The van der Waals surface area contributed by atoms with Crippen LogP contribution in [0.2, 0.25) is 0 Å². The molecule has 0 aromatic heterocycles. The van der Waals surface area contributed by atoms with Crippen molar-refractivity contribution in [2.45, 2.75) is 144 Å². The van der Waals surface area contributed by atoms with Gasteiger partial charge in [-0.1, -0.05) is 59.6 Å². The summed E-state index contributed by atoms with van der Waals surface area (Å²) in [6.45, 7) is 18.2. The molecule has 4 aliphatic carbocycles.